The van der Waals surface area contributed by atoms with Crippen LogP contribution in [0.3, 0.4) is 0 Å². The molecule has 5 heteroatoms. The summed E-state index contributed by atoms with van der Waals surface area (Å²) in [5.41, 5.74) is 1.03. The second-order valence-corrected chi connectivity index (χ2v) is 3.33. The Morgan fingerprint density at radius 3 is 2.82 bits per heavy atom. The molecule has 0 aliphatic heterocycles. The van der Waals surface area contributed by atoms with Crippen molar-refractivity contribution in [1.82, 2.24) is 9.55 Å². The maximum atomic E-state index is 11.3. The second-order valence-electron chi connectivity index (χ2n) is 3.33. The first-order chi connectivity index (χ1) is 8.36. The van der Waals surface area contributed by atoms with Crippen LogP contribution >= 0.6 is 0 Å². The first kappa shape index (κ1) is 11.3. The topological polar surface area (TPSA) is 53.4 Å². The van der Waals surface area contributed by atoms with Crippen molar-refractivity contribution in [2.45, 2.75) is 6.61 Å². The summed E-state index contributed by atoms with van der Waals surface area (Å²) in [5.74, 6) is 0. The van der Waals surface area contributed by atoms with E-state index in [4.69, 9.17) is 9.47 Å². The van der Waals surface area contributed by atoms with Crippen LogP contribution in [0.5, 0.6) is 0 Å². The number of aromatic nitrogens is 2. The van der Waals surface area contributed by atoms with Gasteiger partial charge in [0, 0.05) is 12.4 Å². The van der Waals surface area contributed by atoms with Crippen molar-refractivity contribution in [2.24, 2.45) is 0 Å². The Morgan fingerprint density at radius 1 is 1.29 bits per heavy atom. The predicted octanol–water partition coefficient (Wildman–Crippen LogP) is 2.04. The van der Waals surface area contributed by atoms with E-state index in [1.165, 1.54) is 23.3 Å². The molecule has 2 aromatic rings. The average Bonchev–Trinajstić information content (AvgIpc) is 2.89. The van der Waals surface area contributed by atoms with Gasteiger partial charge in [-0.05, 0) is 5.56 Å². The van der Waals surface area contributed by atoms with E-state index in [1.54, 1.807) is 0 Å². The van der Waals surface area contributed by atoms with E-state index in [0.717, 1.165) is 5.56 Å². The van der Waals surface area contributed by atoms with Crippen LogP contribution in [-0.2, 0) is 16.1 Å². The number of nitrogens with zero attached hydrogens (tertiary/aromatic N) is 2. The number of rotatable bonds is 4. The predicted molar refractivity (Wildman–Crippen MR) is 60.2 cm³/mol. The van der Waals surface area contributed by atoms with E-state index < -0.39 is 6.09 Å². The van der Waals surface area contributed by atoms with Crippen LogP contribution < -0.4 is 0 Å². The maximum Gasteiger partial charge on any atom is 0.421 e. The lowest BCUT2D eigenvalue weighted by molar-refractivity contribution is -0.0232. The Morgan fingerprint density at radius 2 is 2.12 bits per heavy atom. The lowest BCUT2D eigenvalue weighted by atomic mass is 10.2. The highest BCUT2D eigenvalue weighted by atomic mass is 16.7. The number of hydrogen-bond acceptors (Lipinski definition) is 4. The number of ether oxygens (including phenoxy) is 2. The van der Waals surface area contributed by atoms with E-state index >= 15 is 0 Å². The molecule has 0 aliphatic carbocycles. The van der Waals surface area contributed by atoms with Crippen LogP contribution in [0.4, 0.5) is 4.79 Å². The molecule has 0 spiro atoms. The van der Waals surface area contributed by atoms with Gasteiger partial charge >= 0.3 is 6.09 Å². The van der Waals surface area contributed by atoms with Crippen molar-refractivity contribution >= 4 is 6.09 Å². The van der Waals surface area contributed by atoms with E-state index in [2.05, 4.69) is 4.98 Å². The van der Waals surface area contributed by atoms with Crippen LogP contribution in [-0.4, -0.2) is 22.4 Å². The van der Waals surface area contributed by atoms with E-state index in [9.17, 15) is 4.79 Å². The molecule has 0 radical (unpaired) electrons. The fourth-order valence-electron chi connectivity index (χ4n) is 1.27. The van der Waals surface area contributed by atoms with Crippen LogP contribution in [0.15, 0.2) is 49.1 Å². The molecule has 17 heavy (non-hydrogen) atoms. The summed E-state index contributed by atoms with van der Waals surface area (Å²) in [4.78, 5) is 15.1. The normalized spacial score (nSPS) is 10.1. The fraction of sp³-hybridized carbons (Fsp3) is 0.167. The molecule has 2 rings (SSSR count). The van der Waals surface area contributed by atoms with E-state index in [0.29, 0.717) is 6.61 Å². The van der Waals surface area contributed by atoms with Gasteiger partial charge in [0.1, 0.15) is 6.33 Å². The Bertz CT molecular complexity index is 454. The largest absolute Gasteiger partial charge is 0.422 e. The summed E-state index contributed by atoms with van der Waals surface area (Å²) in [6.45, 7) is 0.337. The molecule has 0 N–H and O–H groups in total. The Balaban J connectivity index is 1.69. The van der Waals surface area contributed by atoms with Crippen molar-refractivity contribution in [3.05, 3.63) is 54.6 Å². The number of carbonyl (C=O) groups is 1. The summed E-state index contributed by atoms with van der Waals surface area (Å²) in [5, 5.41) is 0. The van der Waals surface area contributed by atoms with Gasteiger partial charge in [0.2, 0.25) is 0 Å². The third-order valence-electron chi connectivity index (χ3n) is 2.09. The van der Waals surface area contributed by atoms with Gasteiger partial charge in [-0.2, -0.15) is 0 Å². The minimum atomic E-state index is -0.504. The molecule has 0 bridgehead atoms. The molecule has 0 aliphatic rings. The average molecular weight is 232 g/mol. The Labute approximate surface area is 98.6 Å². The molecule has 0 fully saturated rings. The molecule has 5 nitrogen and oxygen atoms in total. The van der Waals surface area contributed by atoms with E-state index in [1.807, 2.05) is 30.3 Å². The maximum absolute atomic E-state index is 11.3. The molecule has 1 aromatic carbocycles. The van der Waals surface area contributed by atoms with E-state index in [-0.39, 0.29) is 6.79 Å². The molecule has 1 heterocycles. The van der Waals surface area contributed by atoms with Crippen LogP contribution in [0.25, 0.3) is 0 Å². The zero-order chi connectivity index (χ0) is 11.9. The molecule has 0 unspecified atom stereocenters. The first-order valence-electron chi connectivity index (χ1n) is 5.13. The summed E-state index contributed by atoms with van der Waals surface area (Å²) in [6.07, 6.45) is 3.89. The minimum Gasteiger partial charge on any atom is -0.422 e. The van der Waals surface area contributed by atoms with Crippen LogP contribution in [0.2, 0.25) is 0 Å². The molecule has 88 valence electrons. The summed E-state index contributed by atoms with van der Waals surface area (Å²) >= 11 is 0. The fourth-order valence-corrected chi connectivity index (χ4v) is 1.27. The quantitative estimate of drug-likeness (QED) is 0.598. The van der Waals surface area contributed by atoms with Crippen LogP contribution in [0.1, 0.15) is 5.56 Å². The molecule has 1 aromatic heterocycles. The molecule has 0 saturated carbocycles. The molecule has 0 amide bonds. The minimum absolute atomic E-state index is 0.0775. The van der Waals surface area contributed by atoms with Gasteiger partial charge in [-0.3, -0.25) is 0 Å². The number of carbonyl (C=O) groups excluding carboxylic acids is 1. The van der Waals surface area contributed by atoms with Crippen LogP contribution in [0, 0.1) is 0 Å². The van der Waals surface area contributed by atoms with Crippen molar-refractivity contribution in [1.29, 1.82) is 0 Å². The molecular formula is C12H12N2O3. The summed E-state index contributed by atoms with van der Waals surface area (Å²) in [7, 11) is 0. The highest BCUT2D eigenvalue weighted by molar-refractivity contribution is 5.69. The third-order valence-corrected chi connectivity index (χ3v) is 2.09. The van der Waals surface area contributed by atoms with Gasteiger partial charge in [-0.15, -0.1) is 0 Å². The summed E-state index contributed by atoms with van der Waals surface area (Å²) < 4.78 is 11.3. The van der Waals surface area contributed by atoms with Gasteiger partial charge in [0.05, 0.1) is 6.61 Å². The van der Waals surface area contributed by atoms with Crippen molar-refractivity contribution < 1.29 is 14.3 Å². The highest BCUT2D eigenvalue weighted by Crippen LogP contribution is 2.00. The molecular weight excluding hydrogens is 220 g/mol. The van der Waals surface area contributed by atoms with Crippen molar-refractivity contribution in [3.63, 3.8) is 0 Å². The zero-order valence-corrected chi connectivity index (χ0v) is 9.15. The van der Waals surface area contributed by atoms with Gasteiger partial charge < -0.3 is 9.47 Å². The number of hydrogen-bond donors (Lipinski definition) is 0. The van der Waals surface area contributed by atoms with Gasteiger partial charge in [-0.1, -0.05) is 30.3 Å². The first-order valence-corrected chi connectivity index (χ1v) is 5.13. The molecule has 0 atom stereocenters. The molecule has 0 saturated heterocycles. The third kappa shape index (κ3) is 3.42. The van der Waals surface area contributed by atoms with Gasteiger partial charge in [0.15, 0.2) is 6.79 Å². The Hall–Kier alpha value is -2.14. The van der Waals surface area contributed by atoms with Crippen molar-refractivity contribution in [3.8, 4) is 0 Å². The lowest BCUT2D eigenvalue weighted by Gasteiger charge is -2.05. The lowest BCUT2D eigenvalue weighted by Crippen LogP contribution is -2.13. The van der Waals surface area contributed by atoms with Gasteiger partial charge in [-0.25, -0.2) is 14.3 Å². The number of imidazole rings is 1. The highest BCUT2D eigenvalue weighted by Gasteiger charge is 2.03. The zero-order valence-electron chi connectivity index (χ0n) is 9.15. The summed E-state index contributed by atoms with van der Waals surface area (Å²) in [6, 6.07) is 9.67. The standard InChI is InChI=1S/C12H12N2O3/c15-12(14-7-6-13-9-14)17-10-16-8-11-4-2-1-3-5-11/h1-7,9H,8,10H2. The monoisotopic (exact) mass is 232 g/mol. The number of benzene rings is 1. The second kappa shape index (κ2) is 5.81. The Kier molecular flexibility index (Phi) is 3.88. The van der Waals surface area contributed by atoms with Gasteiger partial charge in [0.25, 0.3) is 0 Å². The smallest absolute Gasteiger partial charge is 0.421 e. The SMILES string of the molecule is O=C(OCOCc1ccccc1)n1ccnc1. The van der Waals surface area contributed by atoms with Crippen molar-refractivity contribution in [2.75, 3.05) is 6.79 Å².